The lowest BCUT2D eigenvalue weighted by Crippen LogP contribution is -2.47. The number of hydrogen-bond donors (Lipinski definition) is 1. The van der Waals surface area contributed by atoms with Gasteiger partial charge in [0.1, 0.15) is 18.2 Å². The number of carbonyl (C=O) groups is 1. The summed E-state index contributed by atoms with van der Waals surface area (Å²) in [5, 5.41) is 9.70. The van der Waals surface area contributed by atoms with E-state index in [9.17, 15) is 9.90 Å². The largest absolute Gasteiger partial charge is 0.508 e. The van der Waals surface area contributed by atoms with Gasteiger partial charge in [-0.2, -0.15) is 0 Å². The molecule has 4 rings (SSSR count). The van der Waals surface area contributed by atoms with Gasteiger partial charge in [-0.25, -0.2) is 9.18 Å². The van der Waals surface area contributed by atoms with E-state index in [1.54, 1.807) is 42.5 Å². The van der Waals surface area contributed by atoms with Crippen molar-refractivity contribution in [2.24, 2.45) is 0 Å². The van der Waals surface area contributed by atoms with Crippen molar-refractivity contribution in [1.82, 2.24) is 4.90 Å². The number of halogens is 1. The number of aromatic hydroxyl groups is 1. The van der Waals surface area contributed by atoms with Crippen molar-refractivity contribution in [2.75, 3.05) is 37.7 Å². The van der Waals surface area contributed by atoms with Crippen molar-refractivity contribution in [3.63, 3.8) is 0 Å². The first kappa shape index (κ1) is 23.5. The highest BCUT2D eigenvalue weighted by atomic mass is 19.1. The summed E-state index contributed by atoms with van der Waals surface area (Å²) in [6.45, 7) is 9.01. The number of anilines is 1. The van der Waals surface area contributed by atoms with Crippen molar-refractivity contribution in [3.05, 3.63) is 96.3 Å². The molecular formula is C28H29FN2O3. The highest BCUT2D eigenvalue weighted by Gasteiger charge is 2.24. The Labute approximate surface area is 199 Å². The van der Waals surface area contributed by atoms with Crippen LogP contribution in [-0.4, -0.2) is 48.8 Å². The number of phenols is 1. The first-order chi connectivity index (χ1) is 16.5. The van der Waals surface area contributed by atoms with Gasteiger partial charge in [-0.05, 0) is 60.5 Å². The Kier molecular flexibility index (Phi) is 7.28. The van der Waals surface area contributed by atoms with Crippen molar-refractivity contribution >= 4 is 11.7 Å². The minimum atomic E-state index is -0.359. The quantitative estimate of drug-likeness (QED) is 0.377. The van der Waals surface area contributed by atoms with Gasteiger partial charge < -0.3 is 14.7 Å². The molecule has 0 amide bonds. The van der Waals surface area contributed by atoms with Gasteiger partial charge in [-0.3, -0.25) is 4.90 Å². The second-order valence-corrected chi connectivity index (χ2v) is 8.42. The van der Waals surface area contributed by atoms with Crippen LogP contribution in [0, 0.1) is 5.82 Å². The predicted molar refractivity (Wildman–Crippen MR) is 133 cm³/mol. The number of hydrogen-bond acceptors (Lipinski definition) is 5. The molecule has 1 atom stereocenters. The Balaban J connectivity index is 1.37. The molecule has 1 N–H and O–H groups in total. The van der Waals surface area contributed by atoms with Gasteiger partial charge in [-0.15, -0.1) is 0 Å². The van der Waals surface area contributed by atoms with Crippen LogP contribution in [0.1, 0.15) is 28.9 Å². The number of ether oxygens (including phenoxy) is 1. The van der Waals surface area contributed by atoms with Crippen LogP contribution >= 0.6 is 0 Å². The summed E-state index contributed by atoms with van der Waals surface area (Å²) in [6, 6.07) is 19.5. The van der Waals surface area contributed by atoms with E-state index in [4.69, 9.17) is 4.74 Å². The van der Waals surface area contributed by atoms with E-state index in [0.29, 0.717) is 11.1 Å². The maximum absolute atomic E-state index is 15.0. The fourth-order valence-corrected chi connectivity index (χ4v) is 4.32. The summed E-state index contributed by atoms with van der Waals surface area (Å²) in [7, 11) is 0. The Hall–Kier alpha value is -3.64. The molecule has 0 saturated carbocycles. The number of nitrogens with zero attached hydrogens (tertiary/aromatic N) is 2. The molecule has 1 saturated heterocycles. The third-order valence-electron chi connectivity index (χ3n) is 6.29. The first-order valence-electron chi connectivity index (χ1n) is 11.4. The Bertz CT molecular complexity index is 1150. The van der Waals surface area contributed by atoms with Crippen molar-refractivity contribution < 1.29 is 19.0 Å². The minimum Gasteiger partial charge on any atom is -0.508 e. The molecule has 5 nitrogen and oxygen atoms in total. The zero-order valence-corrected chi connectivity index (χ0v) is 19.3. The van der Waals surface area contributed by atoms with Crippen LogP contribution in [-0.2, 0) is 4.74 Å². The first-order valence-corrected chi connectivity index (χ1v) is 11.4. The Morgan fingerprint density at radius 1 is 1.06 bits per heavy atom. The van der Waals surface area contributed by atoms with Gasteiger partial charge in [0.15, 0.2) is 0 Å². The molecule has 0 bridgehead atoms. The Morgan fingerprint density at radius 3 is 2.41 bits per heavy atom. The molecule has 3 aromatic rings. The number of benzene rings is 3. The van der Waals surface area contributed by atoms with Crippen molar-refractivity contribution in [1.29, 1.82) is 0 Å². The van der Waals surface area contributed by atoms with E-state index < -0.39 is 0 Å². The number of piperazine rings is 1. The van der Waals surface area contributed by atoms with Gasteiger partial charge in [0.05, 0.1) is 5.56 Å². The van der Waals surface area contributed by atoms with E-state index in [2.05, 4.69) is 16.4 Å². The van der Waals surface area contributed by atoms with E-state index in [1.165, 1.54) is 0 Å². The molecule has 0 aliphatic carbocycles. The molecule has 1 unspecified atom stereocenters. The fourth-order valence-electron chi connectivity index (χ4n) is 4.32. The van der Waals surface area contributed by atoms with E-state index in [-0.39, 0.29) is 30.2 Å². The molecule has 1 aliphatic rings. The zero-order chi connectivity index (χ0) is 24.1. The molecule has 0 aromatic heterocycles. The highest BCUT2D eigenvalue weighted by Crippen LogP contribution is 2.30. The standard InChI is InChI=1S/C28H29FN2O3/c1-3-17-34-28(33)21-7-10-24(11-8-21)31-15-13-30(14-16-31)20(2)26-12-9-23(19-27(26)29)22-5-4-6-25(32)18-22/h3-12,18-20,32H,1,13-17H2,2H3. The minimum absolute atomic E-state index is 0.0533. The lowest BCUT2D eigenvalue weighted by atomic mass is 9.99. The van der Waals surface area contributed by atoms with Gasteiger partial charge in [-0.1, -0.05) is 36.9 Å². The number of phenolic OH excluding ortho intramolecular Hbond substituents is 1. The molecule has 176 valence electrons. The molecule has 3 aromatic carbocycles. The van der Waals surface area contributed by atoms with Crippen LogP contribution in [0.25, 0.3) is 11.1 Å². The van der Waals surface area contributed by atoms with Crippen molar-refractivity contribution in [2.45, 2.75) is 13.0 Å². The second-order valence-electron chi connectivity index (χ2n) is 8.42. The summed E-state index contributed by atoms with van der Waals surface area (Å²) >= 11 is 0. The van der Waals surface area contributed by atoms with E-state index >= 15 is 4.39 Å². The maximum atomic E-state index is 15.0. The summed E-state index contributed by atoms with van der Waals surface area (Å²) in [4.78, 5) is 16.5. The third-order valence-corrected chi connectivity index (χ3v) is 6.29. The van der Waals surface area contributed by atoms with Crippen LogP contribution in [0.3, 0.4) is 0 Å². The summed E-state index contributed by atoms with van der Waals surface area (Å²) in [6.07, 6.45) is 1.54. The molecule has 1 fully saturated rings. The zero-order valence-electron chi connectivity index (χ0n) is 19.3. The molecule has 0 spiro atoms. The van der Waals surface area contributed by atoms with Crippen LogP contribution < -0.4 is 4.90 Å². The van der Waals surface area contributed by atoms with E-state index in [1.807, 2.05) is 37.3 Å². The van der Waals surface area contributed by atoms with Crippen LogP contribution in [0.15, 0.2) is 79.4 Å². The van der Waals surface area contributed by atoms with E-state index in [0.717, 1.165) is 43.0 Å². The SMILES string of the molecule is C=CCOC(=O)c1ccc(N2CCN(C(C)c3ccc(-c4cccc(O)c4)cc3F)CC2)cc1. The van der Waals surface area contributed by atoms with Gasteiger partial charge in [0.25, 0.3) is 0 Å². The lowest BCUT2D eigenvalue weighted by Gasteiger charge is -2.39. The topological polar surface area (TPSA) is 53.0 Å². The Morgan fingerprint density at radius 2 is 1.76 bits per heavy atom. The monoisotopic (exact) mass is 460 g/mol. The highest BCUT2D eigenvalue weighted by molar-refractivity contribution is 5.89. The lowest BCUT2D eigenvalue weighted by molar-refractivity contribution is 0.0549. The average molecular weight is 461 g/mol. The molecule has 1 heterocycles. The number of carbonyl (C=O) groups excluding carboxylic acids is 1. The molecule has 34 heavy (non-hydrogen) atoms. The predicted octanol–water partition coefficient (Wildman–Crippen LogP) is 5.42. The van der Waals surface area contributed by atoms with Crippen molar-refractivity contribution in [3.8, 4) is 16.9 Å². The second kappa shape index (κ2) is 10.5. The van der Waals surface area contributed by atoms with Gasteiger partial charge in [0.2, 0.25) is 0 Å². The molecule has 1 aliphatic heterocycles. The number of esters is 1. The molecular weight excluding hydrogens is 431 g/mol. The smallest absolute Gasteiger partial charge is 0.338 e. The summed E-state index contributed by atoms with van der Waals surface area (Å²) in [5.41, 5.74) is 3.76. The van der Waals surface area contributed by atoms with Crippen LogP contribution in [0.2, 0.25) is 0 Å². The summed E-state index contributed by atoms with van der Waals surface area (Å²) < 4.78 is 20.1. The van der Waals surface area contributed by atoms with Gasteiger partial charge in [0, 0.05) is 43.5 Å². The fraction of sp³-hybridized carbons (Fsp3) is 0.250. The average Bonchev–Trinajstić information content (AvgIpc) is 2.87. The number of rotatable bonds is 7. The summed E-state index contributed by atoms with van der Waals surface area (Å²) in [5.74, 6) is -0.438. The van der Waals surface area contributed by atoms with Crippen LogP contribution in [0.5, 0.6) is 5.75 Å². The normalized spacial score (nSPS) is 15.1. The van der Waals surface area contributed by atoms with Gasteiger partial charge >= 0.3 is 5.97 Å². The molecule has 6 heteroatoms. The van der Waals surface area contributed by atoms with Crippen LogP contribution in [0.4, 0.5) is 10.1 Å². The molecule has 0 radical (unpaired) electrons. The maximum Gasteiger partial charge on any atom is 0.338 e. The third kappa shape index (κ3) is 5.29.